The Morgan fingerprint density at radius 3 is 2.47 bits per heavy atom. The summed E-state index contributed by atoms with van der Waals surface area (Å²) < 4.78 is 2.23. The third kappa shape index (κ3) is 2.99. The Hall–Kier alpha value is -1.31. The molecule has 0 aliphatic heterocycles. The van der Waals surface area contributed by atoms with Crippen molar-refractivity contribution in [1.29, 1.82) is 0 Å². The van der Waals surface area contributed by atoms with Gasteiger partial charge in [-0.15, -0.1) is 0 Å². The van der Waals surface area contributed by atoms with E-state index in [0.717, 1.165) is 6.42 Å². The van der Waals surface area contributed by atoms with Gasteiger partial charge in [-0.3, -0.25) is 4.68 Å². The van der Waals surface area contributed by atoms with Crippen LogP contribution in [0.5, 0.6) is 0 Å². The number of nitrogens with zero attached hydrogens (tertiary/aromatic N) is 2. The highest BCUT2D eigenvalue weighted by Gasteiger charge is 2.28. The SMILES string of the molecule is Cc1ccc2c(cnn2C(CC(C)C)C(C)(C)C)c1. The molecule has 1 atom stereocenters. The van der Waals surface area contributed by atoms with E-state index in [-0.39, 0.29) is 5.41 Å². The fourth-order valence-electron chi connectivity index (χ4n) is 2.69. The zero-order chi connectivity index (χ0) is 14.2. The second-order valence-corrected chi connectivity index (χ2v) is 7.16. The molecule has 0 radical (unpaired) electrons. The maximum atomic E-state index is 4.67. The summed E-state index contributed by atoms with van der Waals surface area (Å²) in [5.74, 6) is 0.675. The first-order valence-electron chi connectivity index (χ1n) is 7.23. The van der Waals surface area contributed by atoms with Crippen molar-refractivity contribution in [3.63, 3.8) is 0 Å². The van der Waals surface area contributed by atoms with Crippen molar-refractivity contribution in [2.24, 2.45) is 11.3 Å². The second kappa shape index (κ2) is 4.99. The Morgan fingerprint density at radius 2 is 1.89 bits per heavy atom. The molecule has 0 N–H and O–H groups in total. The van der Waals surface area contributed by atoms with Gasteiger partial charge in [0.1, 0.15) is 0 Å². The van der Waals surface area contributed by atoms with Gasteiger partial charge < -0.3 is 0 Å². The van der Waals surface area contributed by atoms with E-state index >= 15 is 0 Å². The van der Waals surface area contributed by atoms with Gasteiger partial charge >= 0.3 is 0 Å². The summed E-state index contributed by atoms with van der Waals surface area (Å²) in [7, 11) is 0. The van der Waals surface area contributed by atoms with Gasteiger partial charge in [0.05, 0.1) is 17.8 Å². The second-order valence-electron chi connectivity index (χ2n) is 7.16. The normalized spacial score (nSPS) is 14.3. The lowest BCUT2D eigenvalue weighted by atomic mass is 9.82. The largest absolute Gasteiger partial charge is 0.261 e. The fraction of sp³-hybridized carbons (Fsp3) is 0.588. The summed E-state index contributed by atoms with van der Waals surface area (Å²) in [6.07, 6.45) is 3.16. The molecule has 19 heavy (non-hydrogen) atoms. The lowest BCUT2D eigenvalue weighted by Gasteiger charge is -2.33. The van der Waals surface area contributed by atoms with Crippen molar-refractivity contribution < 1.29 is 0 Å². The Morgan fingerprint density at radius 1 is 1.21 bits per heavy atom. The van der Waals surface area contributed by atoms with E-state index in [9.17, 15) is 0 Å². The van der Waals surface area contributed by atoms with Gasteiger partial charge in [0.15, 0.2) is 0 Å². The molecule has 2 rings (SSSR count). The quantitative estimate of drug-likeness (QED) is 0.759. The average molecular weight is 258 g/mol. The predicted molar refractivity (Wildman–Crippen MR) is 82.4 cm³/mol. The molecule has 0 aliphatic rings. The average Bonchev–Trinajstić information content (AvgIpc) is 2.66. The molecule has 2 heteroatoms. The van der Waals surface area contributed by atoms with Crippen LogP contribution in [-0.2, 0) is 0 Å². The van der Waals surface area contributed by atoms with E-state index in [1.165, 1.54) is 16.5 Å². The highest BCUT2D eigenvalue weighted by molar-refractivity contribution is 5.79. The monoisotopic (exact) mass is 258 g/mol. The van der Waals surface area contributed by atoms with Gasteiger partial charge in [0.25, 0.3) is 0 Å². The van der Waals surface area contributed by atoms with Crippen molar-refractivity contribution in [3.05, 3.63) is 30.0 Å². The molecule has 1 unspecified atom stereocenters. The highest BCUT2D eigenvalue weighted by Crippen LogP contribution is 2.37. The maximum Gasteiger partial charge on any atom is 0.0686 e. The highest BCUT2D eigenvalue weighted by atomic mass is 15.3. The summed E-state index contributed by atoms with van der Waals surface area (Å²) >= 11 is 0. The molecule has 2 aromatic rings. The van der Waals surface area contributed by atoms with Crippen LogP contribution in [0, 0.1) is 18.3 Å². The molecule has 0 aliphatic carbocycles. The predicted octanol–water partition coefficient (Wildman–Crippen LogP) is 4.98. The van der Waals surface area contributed by atoms with E-state index < -0.39 is 0 Å². The lowest BCUT2D eigenvalue weighted by Crippen LogP contribution is -2.26. The Bertz CT molecular complexity index is 558. The van der Waals surface area contributed by atoms with Crippen LogP contribution in [0.1, 0.15) is 52.6 Å². The van der Waals surface area contributed by atoms with E-state index in [1.807, 2.05) is 6.20 Å². The molecule has 0 saturated carbocycles. The van der Waals surface area contributed by atoms with Crippen LogP contribution in [0.3, 0.4) is 0 Å². The molecule has 104 valence electrons. The van der Waals surface area contributed by atoms with Gasteiger partial charge in [-0.1, -0.05) is 46.2 Å². The first-order chi connectivity index (χ1) is 8.79. The molecular formula is C17H26N2. The van der Waals surface area contributed by atoms with Gasteiger partial charge in [0.2, 0.25) is 0 Å². The zero-order valence-electron chi connectivity index (χ0n) is 13.1. The number of fused-ring (bicyclic) bond motifs is 1. The minimum Gasteiger partial charge on any atom is -0.261 e. The lowest BCUT2D eigenvalue weighted by molar-refractivity contribution is 0.198. The third-order valence-electron chi connectivity index (χ3n) is 3.74. The zero-order valence-corrected chi connectivity index (χ0v) is 13.1. The number of hydrogen-bond donors (Lipinski definition) is 0. The Labute approximate surface area is 116 Å². The van der Waals surface area contributed by atoms with E-state index in [4.69, 9.17) is 0 Å². The molecule has 0 saturated heterocycles. The number of aromatic nitrogens is 2. The first-order valence-corrected chi connectivity index (χ1v) is 7.23. The van der Waals surface area contributed by atoms with E-state index in [2.05, 4.69) is 69.5 Å². The molecule has 1 aromatic carbocycles. The van der Waals surface area contributed by atoms with Crippen molar-refractivity contribution in [2.75, 3.05) is 0 Å². The first kappa shape index (κ1) is 14.1. The molecule has 0 fully saturated rings. The third-order valence-corrected chi connectivity index (χ3v) is 3.74. The minimum atomic E-state index is 0.216. The summed E-state index contributed by atoms with van der Waals surface area (Å²) in [4.78, 5) is 0. The smallest absolute Gasteiger partial charge is 0.0686 e. The molecule has 0 bridgehead atoms. The van der Waals surface area contributed by atoms with Crippen LogP contribution < -0.4 is 0 Å². The maximum absolute atomic E-state index is 4.67. The standard InChI is InChI=1S/C17H26N2/c1-12(2)9-16(17(4,5)6)19-15-8-7-13(3)10-14(15)11-18-19/h7-8,10-12,16H,9H2,1-6H3. The molecular weight excluding hydrogens is 232 g/mol. The Kier molecular flexibility index (Phi) is 3.71. The Balaban J connectivity index is 2.50. The van der Waals surface area contributed by atoms with Crippen LogP contribution >= 0.6 is 0 Å². The topological polar surface area (TPSA) is 17.8 Å². The van der Waals surface area contributed by atoms with Crippen LogP contribution in [0.4, 0.5) is 0 Å². The van der Waals surface area contributed by atoms with Gasteiger partial charge in [-0.05, 0) is 36.8 Å². The summed E-state index contributed by atoms with van der Waals surface area (Å²) in [5, 5.41) is 5.92. The number of benzene rings is 1. The number of rotatable bonds is 3. The molecule has 1 aromatic heterocycles. The molecule has 2 nitrogen and oxygen atoms in total. The van der Waals surface area contributed by atoms with E-state index in [1.54, 1.807) is 0 Å². The fourth-order valence-corrected chi connectivity index (χ4v) is 2.69. The van der Waals surface area contributed by atoms with Crippen LogP contribution in [0.2, 0.25) is 0 Å². The van der Waals surface area contributed by atoms with Crippen LogP contribution in [-0.4, -0.2) is 9.78 Å². The summed E-state index contributed by atoms with van der Waals surface area (Å²) in [5.41, 5.74) is 2.77. The van der Waals surface area contributed by atoms with Gasteiger partial charge in [-0.25, -0.2) is 0 Å². The van der Waals surface area contributed by atoms with Gasteiger partial charge in [0, 0.05) is 5.39 Å². The van der Waals surface area contributed by atoms with Crippen LogP contribution in [0.25, 0.3) is 10.9 Å². The number of aryl methyl sites for hydroxylation is 1. The molecule has 0 amide bonds. The van der Waals surface area contributed by atoms with Crippen molar-refractivity contribution in [3.8, 4) is 0 Å². The molecule has 1 heterocycles. The summed E-state index contributed by atoms with van der Waals surface area (Å²) in [6.45, 7) is 13.6. The summed E-state index contributed by atoms with van der Waals surface area (Å²) in [6, 6.07) is 7.04. The minimum absolute atomic E-state index is 0.216. The van der Waals surface area contributed by atoms with Crippen molar-refractivity contribution in [2.45, 2.75) is 54.0 Å². The number of hydrogen-bond acceptors (Lipinski definition) is 1. The van der Waals surface area contributed by atoms with Crippen LogP contribution in [0.15, 0.2) is 24.4 Å². The van der Waals surface area contributed by atoms with Crippen molar-refractivity contribution in [1.82, 2.24) is 9.78 Å². The van der Waals surface area contributed by atoms with E-state index in [0.29, 0.717) is 12.0 Å². The molecule has 0 spiro atoms. The van der Waals surface area contributed by atoms with Gasteiger partial charge in [-0.2, -0.15) is 5.10 Å². The van der Waals surface area contributed by atoms with Crippen molar-refractivity contribution >= 4 is 10.9 Å².